The first-order valence-electron chi connectivity index (χ1n) is 6.86. The lowest BCUT2D eigenvalue weighted by atomic mass is 10.1. The average molecular weight is 280 g/mol. The summed E-state index contributed by atoms with van der Waals surface area (Å²) in [5.41, 5.74) is 7.74. The highest BCUT2D eigenvalue weighted by Crippen LogP contribution is 2.34. The summed E-state index contributed by atoms with van der Waals surface area (Å²) in [7, 11) is 0. The van der Waals surface area contributed by atoms with Crippen LogP contribution in [-0.4, -0.2) is 28.7 Å². The Morgan fingerprint density at radius 1 is 1.37 bits per heavy atom. The first-order chi connectivity index (χ1) is 8.89. The van der Waals surface area contributed by atoms with Crippen LogP contribution < -0.4 is 10.6 Å². The number of phenolic OH excluding ortho intramolecular Hbond substituents is 1. The van der Waals surface area contributed by atoms with Crippen molar-refractivity contribution < 1.29 is 5.11 Å². The third-order valence-corrected chi connectivity index (χ3v) is 5.08. The van der Waals surface area contributed by atoms with Gasteiger partial charge in [-0.15, -0.1) is 0 Å². The lowest BCUT2D eigenvalue weighted by molar-refractivity contribution is 0.463. The van der Waals surface area contributed by atoms with E-state index in [0.717, 1.165) is 36.5 Å². The Labute approximate surface area is 120 Å². The van der Waals surface area contributed by atoms with E-state index in [-0.39, 0.29) is 6.04 Å². The van der Waals surface area contributed by atoms with E-state index in [1.54, 1.807) is 0 Å². The highest BCUT2D eigenvalue weighted by molar-refractivity contribution is 8.00. The number of thioether (sulfide) groups is 1. The maximum atomic E-state index is 10.1. The van der Waals surface area contributed by atoms with E-state index in [1.807, 2.05) is 30.8 Å². The zero-order valence-corrected chi connectivity index (χ0v) is 12.8. The number of phenols is 1. The monoisotopic (exact) mass is 280 g/mol. The third-order valence-electron chi connectivity index (χ3n) is 3.71. The molecule has 1 unspecified atom stereocenters. The molecule has 0 radical (unpaired) electrons. The van der Waals surface area contributed by atoms with E-state index >= 15 is 0 Å². The van der Waals surface area contributed by atoms with E-state index < -0.39 is 0 Å². The molecule has 1 fully saturated rings. The third kappa shape index (κ3) is 3.57. The van der Waals surface area contributed by atoms with Gasteiger partial charge in [-0.25, -0.2) is 0 Å². The van der Waals surface area contributed by atoms with Gasteiger partial charge in [0.1, 0.15) is 5.75 Å². The summed E-state index contributed by atoms with van der Waals surface area (Å²) in [5.74, 6) is 1.44. The van der Waals surface area contributed by atoms with E-state index in [4.69, 9.17) is 5.73 Å². The molecule has 0 spiro atoms. The zero-order chi connectivity index (χ0) is 14.0. The molecular formula is C15H24N2OS. The van der Waals surface area contributed by atoms with Crippen molar-refractivity contribution >= 4 is 17.4 Å². The Balaban J connectivity index is 2.16. The van der Waals surface area contributed by atoms with Crippen LogP contribution in [0.15, 0.2) is 18.2 Å². The summed E-state index contributed by atoms with van der Waals surface area (Å²) in [5, 5.41) is 10.1. The fourth-order valence-corrected chi connectivity index (χ4v) is 3.49. The Morgan fingerprint density at radius 2 is 2.11 bits per heavy atom. The predicted molar refractivity (Wildman–Crippen MR) is 84.1 cm³/mol. The Bertz CT molecular complexity index is 446. The first kappa shape index (κ1) is 14.5. The summed E-state index contributed by atoms with van der Waals surface area (Å²) >= 11 is 2.03. The number of hydrogen-bond acceptors (Lipinski definition) is 4. The smallest absolute Gasteiger partial charge is 0.122 e. The fourth-order valence-electron chi connectivity index (χ4n) is 2.39. The normalized spacial score (nSPS) is 20.9. The second-order valence-corrected chi connectivity index (χ2v) is 7.68. The molecule has 1 heterocycles. The molecule has 1 aliphatic heterocycles. The highest BCUT2D eigenvalue weighted by atomic mass is 32.2. The van der Waals surface area contributed by atoms with E-state index in [1.165, 1.54) is 0 Å². The Morgan fingerprint density at radius 3 is 2.74 bits per heavy atom. The molecule has 0 amide bonds. The molecule has 0 saturated carbocycles. The molecule has 3 N–H and O–H groups in total. The number of aromatic hydroxyl groups is 1. The predicted octanol–water partition coefficient (Wildman–Crippen LogP) is 3.13. The maximum absolute atomic E-state index is 10.1. The van der Waals surface area contributed by atoms with Crippen LogP contribution in [0.1, 0.15) is 38.8 Å². The quantitative estimate of drug-likeness (QED) is 0.874. The van der Waals surface area contributed by atoms with Crippen LogP contribution in [0.4, 0.5) is 5.69 Å². The molecule has 1 atom stereocenters. The first-order valence-corrected chi connectivity index (χ1v) is 7.85. The van der Waals surface area contributed by atoms with Crippen LogP contribution in [-0.2, 0) is 0 Å². The van der Waals surface area contributed by atoms with Gasteiger partial charge >= 0.3 is 0 Å². The molecule has 0 aromatic heterocycles. The van der Waals surface area contributed by atoms with Crippen molar-refractivity contribution in [2.45, 2.75) is 38.0 Å². The highest BCUT2D eigenvalue weighted by Gasteiger charge is 2.24. The minimum atomic E-state index is -0.132. The number of nitrogens with zero attached hydrogens (tertiary/aromatic N) is 1. The Hall–Kier alpha value is -0.870. The fraction of sp³-hybridized carbons (Fsp3) is 0.600. The number of nitrogens with two attached hydrogens (primary N) is 1. The minimum Gasteiger partial charge on any atom is -0.508 e. The number of anilines is 1. The van der Waals surface area contributed by atoms with E-state index in [2.05, 4.69) is 24.8 Å². The summed E-state index contributed by atoms with van der Waals surface area (Å²) < 4.78 is 0.350. The van der Waals surface area contributed by atoms with Crippen LogP contribution in [0.5, 0.6) is 5.75 Å². The van der Waals surface area contributed by atoms with Crippen LogP contribution >= 0.6 is 11.8 Å². The summed E-state index contributed by atoms with van der Waals surface area (Å²) in [6, 6.07) is 5.73. The molecule has 2 rings (SSSR count). The van der Waals surface area contributed by atoms with Crippen LogP contribution in [0.3, 0.4) is 0 Å². The second-order valence-electron chi connectivity index (χ2n) is 5.88. The number of rotatable bonds is 2. The van der Waals surface area contributed by atoms with Gasteiger partial charge in [-0.1, -0.05) is 19.9 Å². The molecule has 1 aliphatic rings. The van der Waals surface area contributed by atoms with Gasteiger partial charge in [-0.05, 0) is 19.4 Å². The zero-order valence-electron chi connectivity index (χ0n) is 12.0. The van der Waals surface area contributed by atoms with Crippen molar-refractivity contribution in [2.75, 3.05) is 23.7 Å². The van der Waals surface area contributed by atoms with Gasteiger partial charge in [0, 0.05) is 46.9 Å². The Kier molecular flexibility index (Phi) is 4.31. The second kappa shape index (κ2) is 5.63. The SMILES string of the molecule is CC(N)c1ccc(N2CCSC(C)(C)CC2)cc1O. The molecule has 1 aromatic rings. The van der Waals surface area contributed by atoms with Crippen molar-refractivity contribution in [3.63, 3.8) is 0 Å². The van der Waals surface area contributed by atoms with Crippen molar-refractivity contribution in [1.29, 1.82) is 0 Å². The van der Waals surface area contributed by atoms with Gasteiger partial charge in [0.2, 0.25) is 0 Å². The molecule has 19 heavy (non-hydrogen) atoms. The van der Waals surface area contributed by atoms with Crippen LogP contribution in [0.25, 0.3) is 0 Å². The largest absolute Gasteiger partial charge is 0.508 e. The lowest BCUT2D eigenvalue weighted by Gasteiger charge is -2.25. The molecule has 0 bridgehead atoms. The van der Waals surface area contributed by atoms with Crippen LogP contribution in [0, 0.1) is 0 Å². The van der Waals surface area contributed by atoms with Crippen molar-refractivity contribution in [3.8, 4) is 5.75 Å². The molecule has 106 valence electrons. The van der Waals surface area contributed by atoms with Gasteiger partial charge in [-0.3, -0.25) is 0 Å². The summed E-state index contributed by atoms with van der Waals surface area (Å²) in [6.07, 6.45) is 1.16. The van der Waals surface area contributed by atoms with Crippen molar-refractivity contribution in [3.05, 3.63) is 23.8 Å². The van der Waals surface area contributed by atoms with Gasteiger partial charge in [-0.2, -0.15) is 11.8 Å². The molecule has 1 saturated heterocycles. The molecule has 1 aromatic carbocycles. The van der Waals surface area contributed by atoms with E-state index in [9.17, 15) is 5.11 Å². The van der Waals surface area contributed by atoms with Crippen LogP contribution in [0.2, 0.25) is 0 Å². The van der Waals surface area contributed by atoms with Gasteiger partial charge in [0.05, 0.1) is 0 Å². The maximum Gasteiger partial charge on any atom is 0.122 e. The van der Waals surface area contributed by atoms with Gasteiger partial charge < -0.3 is 15.7 Å². The summed E-state index contributed by atoms with van der Waals surface area (Å²) in [4.78, 5) is 2.35. The van der Waals surface area contributed by atoms with E-state index in [0.29, 0.717) is 10.5 Å². The van der Waals surface area contributed by atoms with Gasteiger partial charge in [0.15, 0.2) is 0 Å². The van der Waals surface area contributed by atoms with Gasteiger partial charge in [0.25, 0.3) is 0 Å². The molecule has 4 heteroatoms. The number of hydrogen-bond donors (Lipinski definition) is 2. The topological polar surface area (TPSA) is 49.5 Å². The number of benzene rings is 1. The molecular weight excluding hydrogens is 256 g/mol. The average Bonchev–Trinajstić information content (AvgIpc) is 2.49. The van der Waals surface area contributed by atoms with Crippen molar-refractivity contribution in [1.82, 2.24) is 0 Å². The van der Waals surface area contributed by atoms with Crippen molar-refractivity contribution in [2.24, 2.45) is 5.73 Å². The lowest BCUT2D eigenvalue weighted by Crippen LogP contribution is -2.26. The summed E-state index contributed by atoms with van der Waals surface area (Å²) in [6.45, 7) is 8.57. The minimum absolute atomic E-state index is 0.132. The standard InChI is InChI=1S/C15H24N2OS/c1-11(16)13-5-4-12(10-14(13)18)17-7-6-15(2,3)19-9-8-17/h4-5,10-11,18H,6-9,16H2,1-3H3. The molecule has 3 nitrogen and oxygen atoms in total. The molecule has 0 aliphatic carbocycles.